The van der Waals surface area contributed by atoms with Gasteiger partial charge in [0, 0.05) is 30.4 Å². The van der Waals surface area contributed by atoms with Gasteiger partial charge >= 0.3 is 0 Å². The van der Waals surface area contributed by atoms with Crippen LogP contribution in [0.15, 0.2) is 60.8 Å². The summed E-state index contributed by atoms with van der Waals surface area (Å²) in [7, 11) is 0. The van der Waals surface area contributed by atoms with E-state index in [0.717, 1.165) is 36.3 Å². The average molecular weight is 450 g/mol. The quantitative estimate of drug-likeness (QED) is 0.342. The molecule has 0 amide bonds. The second-order valence-corrected chi connectivity index (χ2v) is 8.52. The molecule has 1 atom stereocenters. The van der Waals surface area contributed by atoms with Gasteiger partial charge in [0.25, 0.3) is 0 Å². The molecule has 0 radical (unpaired) electrons. The molecule has 1 aliphatic heterocycles. The van der Waals surface area contributed by atoms with E-state index in [9.17, 15) is 4.39 Å². The number of pyridine rings is 1. The molecule has 2 aromatic carbocycles. The molecule has 0 saturated heterocycles. The third-order valence-electron chi connectivity index (χ3n) is 6.83. The highest BCUT2D eigenvalue weighted by Crippen LogP contribution is 2.39. The summed E-state index contributed by atoms with van der Waals surface area (Å²) in [6.45, 7) is 8.16. The Morgan fingerprint density at radius 1 is 1.06 bits per heavy atom. The maximum absolute atomic E-state index is 13.9. The highest BCUT2D eigenvalue weighted by molar-refractivity contribution is 5.94. The van der Waals surface area contributed by atoms with Crippen molar-refractivity contribution < 1.29 is 4.39 Å². The second-order valence-electron chi connectivity index (χ2n) is 8.52. The van der Waals surface area contributed by atoms with Crippen LogP contribution in [0.4, 0.5) is 10.2 Å². The fourth-order valence-corrected chi connectivity index (χ4v) is 5.15. The minimum Gasteiger partial charge on any atom is -0.347 e. The molecule has 3 nitrogen and oxygen atoms in total. The smallest absolute Gasteiger partial charge is 0.153 e. The molecule has 32 heavy (non-hydrogen) atoms. The Morgan fingerprint density at radius 2 is 1.88 bits per heavy atom. The van der Waals surface area contributed by atoms with Gasteiger partial charge in [-0.05, 0) is 67.1 Å². The lowest BCUT2D eigenvalue weighted by Crippen LogP contribution is -2.36. The van der Waals surface area contributed by atoms with E-state index >= 15 is 0 Å². The highest BCUT2D eigenvalue weighted by Gasteiger charge is 2.29. The van der Waals surface area contributed by atoms with Crippen LogP contribution in [-0.4, -0.2) is 16.1 Å². The maximum Gasteiger partial charge on any atom is 0.153 e. The number of nitrogens with zero attached hydrogens (tertiary/aromatic N) is 3. The van der Waals surface area contributed by atoms with Crippen LogP contribution in [0.5, 0.6) is 0 Å². The Bertz CT molecular complexity index is 1260. The van der Waals surface area contributed by atoms with E-state index in [4.69, 9.17) is 4.98 Å². The van der Waals surface area contributed by atoms with Gasteiger partial charge in [-0.1, -0.05) is 43.3 Å². The molecule has 4 aromatic rings. The van der Waals surface area contributed by atoms with E-state index in [-0.39, 0.29) is 18.2 Å². The summed E-state index contributed by atoms with van der Waals surface area (Å²) < 4.78 is 16.2. The third kappa shape index (κ3) is 3.67. The molecule has 0 aliphatic carbocycles. The SMILES string of the molecule is CCC1c2ccccc2CCN1c1nccc2c(C)c(C)n(Cc3cccc(F)c3)c12.Cl. The van der Waals surface area contributed by atoms with Gasteiger partial charge in [0.2, 0.25) is 0 Å². The average Bonchev–Trinajstić information content (AvgIpc) is 3.03. The fourth-order valence-electron chi connectivity index (χ4n) is 5.15. The molecule has 1 unspecified atom stereocenters. The van der Waals surface area contributed by atoms with Crippen LogP contribution < -0.4 is 4.90 Å². The maximum atomic E-state index is 13.9. The Hall–Kier alpha value is -2.85. The first-order valence-electron chi connectivity index (χ1n) is 11.1. The van der Waals surface area contributed by atoms with Crippen LogP contribution >= 0.6 is 12.4 Å². The first-order chi connectivity index (χ1) is 15.1. The first kappa shape index (κ1) is 22.3. The lowest BCUT2D eigenvalue weighted by Gasteiger charge is -2.38. The molecule has 5 rings (SSSR count). The second kappa shape index (κ2) is 8.95. The molecule has 5 heteroatoms. The van der Waals surface area contributed by atoms with Crippen molar-refractivity contribution in [3.63, 3.8) is 0 Å². The topological polar surface area (TPSA) is 21.1 Å². The van der Waals surface area contributed by atoms with E-state index in [1.165, 1.54) is 33.8 Å². The van der Waals surface area contributed by atoms with Crippen molar-refractivity contribution >= 4 is 29.1 Å². The molecule has 0 bridgehead atoms. The monoisotopic (exact) mass is 449 g/mol. The summed E-state index contributed by atoms with van der Waals surface area (Å²) in [6, 6.07) is 18.1. The van der Waals surface area contributed by atoms with Gasteiger partial charge in [0.1, 0.15) is 5.82 Å². The number of fused-ring (bicyclic) bond motifs is 2. The molecular weight excluding hydrogens is 421 g/mol. The summed E-state index contributed by atoms with van der Waals surface area (Å²) in [5.41, 5.74) is 7.44. The summed E-state index contributed by atoms with van der Waals surface area (Å²) >= 11 is 0. The first-order valence-corrected chi connectivity index (χ1v) is 11.1. The zero-order valence-electron chi connectivity index (χ0n) is 18.8. The van der Waals surface area contributed by atoms with Gasteiger partial charge in [0.05, 0.1) is 11.6 Å². The van der Waals surface area contributed by atoms with Crippen molar-refractivity contribution in [2.75, 3.05) is 11.4 Å². The predicted molar refractivity (Wildman–Crippen MR) is 132 cm³/mol. The predicted octanol–water partition coefficient (Wildman–Crippen LogP) is 6.78. The van der Waals surface area contributed by atoms with E-state index in [0.29, 0.717) is 12.6 Å². The largest absolute Gasteiger partial charge is 0.347 e. The molecule has 0 fully saturated rings. The number of benzene rings is 2. The molecule has 3 heterocycles. The molecular formula is C27H29ClFN3. The number of aryl methyl sites for hydroxylation is 1. The van der Waals surface area contributed by atoms with E-state index in [1.54, 1.807) is 12.1 Å². The number of rotatable bonds is 4. The number of hydrogen-bond acceptors (Lipinski definition) is 2. The van der Waals surface area contributed by atoms with Crippen LogP contribution in [0.2, 0.25) is 0 Å². The summed E-state index contributed by atoms with van der Waals surface area (Å²) in [4.78, 5) is 7.38. The van der Waals surface area contributed by atoms with Gasteiger partial charge in [-0.15, -0.1) is 12.4 Å². The van der Waals surface area contributed by atoms with Crippen LogP contribution in [-0.2, 0) is 13.0 Å². The molecule has 0 spiro atoms. The number of aromatic nitrogens is 2. The number of halogens is 2. The molecule has 166 valence electrons. The van der Waals surface area contributed by atoms with Crippen LogP contribution in [0, 0.1) is 19.7 Å². The standard InChI is InChI=1S/C27H28FN3.ClH/c1-4-25-24-11-6-5-9-21(24)13-15-30(25)27-26-23(12-14-29-27)18(2)19(3)31(26)17-20-8-7-10-22(28)16-20;/h5-12,14,16,25H,4,13,15,17H2,1-3H3;1H. The Balaban J connectivity index is 0.00000245. The normalized spacial score (nSPS) is 15.5. The van der Waals surface area contributed by atoms with Gasteiger partial charge in [0.15, 0.2) is 5.82 Å². The van der Waals surface area contributed by atoms with Crippen molar-refractivity contribution in [3.05, 3.63) is 94.6 Å². The van der Waals surface area contributed by atoms with Crippen molar-refractivity contribution in [2.45, 2.75) is 46.2 Å². The molecule has 1 aliphatic rings. The Morgan fingerprint density at radius 3 is 2.66 bits per heavy atom. The van der Waals surface area contributed by atoms with E-state index in [1.807, 2.05) is 12.3 Å². The third-order valence-corrected chi connectivity index (χ3v) is 6.83. The lowest BCUT2D eigenvalue weighted by molar-refractivity contribution is 0.562. The zero-order chi connectivity index (χ0) is 21.5. The van der Waals surface area contributed by atoms with Crippen molar-refractivity contribution in [2.24, 2.45) is 0 Å². The van der Waals surface area contributed by atoms with Crippen molar-refractivity contribution in [1.82, 2.24) is 9.55 Å². The molecule has 2 aromatic heterocycles. The van der Waals surface area contributed by atoms with Gasteiger partial charge in [-0.3, -0.25) is 0 Å². The Labute approximate surface area is 195 Å². The fraction of sp³-hybridized carbons (Fsp3) is 0.296. The zero-order valence-corrected chi connectivity index (χ0v) is 19.6. The number of anilines is 1. The van der Waals surface area contributed by atoms with Crippen LogP contribution in [0.1, 0.15) is 47.3 Å². The van der Waals surface area contributed by atoms with Crippen molar-refractivity contribution in [3.8, 4) is 0 Å². The summed E-state index contributed by atoms with van der Waals surface area (Å²) in [6.07, 6.45) is 3.98. The summed E-state index contributed by atoms with van der Waals surface area (Å²) in [5, 5.41) is 1.23. The minimum atomic E-state index is -0.194. The van der Waals surface area contributed by atoms with Gasteiger partial charge < -0.3 is 9.47 Å². The van der Waals surface area contributed by atoms with Crippen molar-refractivity contribution in [1.29, 1.82) is 0 Å². The van der Waals surface area contributed by atoms with Gasteiger partial charge in [-0.2, -0.15) is 0 Å². The minimum absolute atomic E-state index is 0. The number of hydrogen-bond donors (Lipinski definition) is 0. The highest BCUT2D eigenvalue weighted by atomic mass is 35.5. The Kier molecular flexibility index (Phi) is 6.25. The van der Waals surface area contributed by atoms with E-state index < -0.39 is 0 Å². The summed E-state index contributed by atoms with van der Waals surface area (Å²) in [5.74, 6) is 0.840. The van der Waals surface area contributed by atoms with Crippen LogP contribution in [0.3, 0.4) is 0 Å². The molecule has 0 N–H and O–H groups in total. The lowest BCUT2D eigenvalue weighted by atomic mass is 9.91. The van der Waals surface area contributed by atoms with Gasteiger partial charge in [-0.25, -0.2) is 9.37 Å². The molecule has 0 saturated carbocycles. The van der Waals surface area contributed by atoms with E-state index in [2.05, 4.69) is 60.6 Å². The van der Waals surface area contributed by atoms with Crippen LogP contribution in [0.25, 0.3) is 10.9 Å².